The molecule has 1 rings (SSSR count). The molecule has 0 amide bonds. The molecule has 5 heteroatoms. The number of hydrogen-bond donors (Lipinski definition) is 0. The number of rotatable bonds is 22. The van der Waals surface area contributed by atoms with Crippen LogP contribution >= 0.6 is 0 Å². The van der Waals surface area contributed by atoms with Crippen molar-refractivity contribution in [1.82, 2.24) is 0 Å². The highest BCUT2D eigenvalue weighted by Crippen LogP contribution is 2.13. The van der Waals surface area contributed by atoms with Crippen molar-refractivity contribution < 1.29 is 23.5 Å². The third kappa shape index (κ3) is 15.2. The smallest absolute Gasteiger partial charge is 0.374 e. The molecule has 0 atom stereocenters. The molecule has 0 spiro atoms. The Hall–Kier alpha value is -2.30. The van der Waals surface area contributed by atoms with Crippen LogP contribution in [0.3, 0.4) is 0 Å². The Morgan fingerprint density at radius 2 is 0.939 bits per heavy atom. The Balaban J connectivity index is 2.06. The minimum Gasteiger partial charge on any atom is -0.460 e. The minimum atomic E-state index is -0.536. The maximum absolute atomic E-state index is 12.1. The van der Waals surface area contributed by atoms with Crippen LogP contribution in [0.1, 0.15) is 124 Å². The van der Waals surface area contributed by atoms with Gasteiger partial charge in [0, 0.05) is 0 Å². The van der Waals surface area contributed by atoms with Gasteiger partial charge in [-0.1, -0.05) is 76.4 Å². The second kappa shape index (κ2) is 20.3. The van der Waals surface area contributed by atoms with E-state index in [0.29, 0.717) is 13.2 Å². The van der Waals surface area contributed by atoms with Gasteiger partial charge in [-0.3, -0.25) is 0 Å². The molecule has 0 N–H and O–H groups in total. The average Bonchev–Trinajstić information content (AvgIpc) is 3.32. The molecule has 1 aromatic rings. The first-order valence-corrected chi connectivity index (χ1v) is 12.8. The Morgan fingerprint density at radius 3 is 1.30 bits per heavy atom. The summed E-state index contributed by atoms with van der Waals surface area (Å²) in [6.07, 6.45) is 22.0. The quantitative estimate of drug-likeness (QED) is 0.0990. The van der Waals surface area contributed by atoms with E-state index >= 15 is 0 Å². The van der Waals surface area contributed by atoms with Crippen LogP contribution in [-0.4, -0.2) is 25.2 Å². The molecule has 0 aliphatic rings. The molecule has 1 aromatic heterocycles. The lowest BCUT2D eigenvalue weighted by molar-refractivity contribution is 0.0427. The van der Waals surface area contributed by atoms with Gasteiger partial charge >= 0.3 is 11.9 Å². The third-order valence-electron chi connectivity index (χ3n) is 5.58. The van der Waals surface area contributed by atoms with Gasteiger partial charge in [-0.05, 0) is 50.7 Å². The van der Waals surface area contributed by atoms with Crippen molar-refractivity contribution in [3.8, 4) is 0 Å². The highest BCUT2D eigenvalue weighted by atomic mass is 16.6. The van der Waals surface area contributed by atoms with Gasteiger partial charge in [-0.2, -0.15) is 0 Å². The van der Waals surface area contributed by atoms with Gasteiger partial charge < -0.3 is 13.9 Å². The van der Waals surface area contributed by atoms with Gasteiger partial charge in [0.05, 0.1) is 13.2 Å². The van der Waals surface area contributed by atoms with Crippen molar-refractivity contribution in [3.63, 3.8) is 0 Å². The number of furan rings is 1. The predicted octanol–water partition coefficient (Wildman–Crippen LogP) is 8.21. The van der Waals surface area contributed by atoms with Crippen LogP contribution in [0.25, 0.3) is 0 Å². The molecular formula is C28H44O5. The first-order valence-electron chi connectivity index (χ1n) is 12.8. The summed E-state index contributed by atoms with van der Waals surface area (Å²) in [5.41, 5.74) is 0. The molecule has 1 heterocycles. The van der Waals surface area contributed by atoms with Crippen molar-refractivity contribution in [1.29, 1.82) is 0 Å². The molecule has 0 aromatic carbocycles. The molecule has 0 aliphatic carbocycles. The van der Waals surface area contributed by atoms with Crippen LogP contribution in [0.15, 0.2) is 41.9 Å². The van der Waals surface area contributed by atoms with E-state index in [1.54, 1.807) is 0 Å². The van der Waals surface area contributed by atoms with Crippen LogP contribution in [-0.2, 0) is 9.47 Å². The number of esters is 2. The van der Waals surface area contributed by atoms with E-state index in [9.17, 15) is 9.59 Å². The topological polar surface area (TPSA) is 65.7 Å². The lowest BCUT2D eigenvalue weighted by Crippen LogP contribution is -2.07. The van der Waals surface area contributed by atoms with E-state index in [-0.39, 0.29) is 11.5 Å². The highest BCUT2D eigenvalue weighted by molar-refractivity contribution is 5.90. The maximum atomic E-state index is 12.1. The van der Waals surface area contributed by atoms with Crippen molar-refractivity contribution in [2.75, 3.05) is 13.2 Å². The van der Waals surface area contributed by atoms with Crippen molar-refractivity contribution in [2.45, 2.75) is 103 Å². The number of hydrogen-bond acceptors (Lipinski definition) is 5. The first kappa shape index (κ1) is 28.7. The molecule has 0 saturated heterocycles. The zero-order chi connectivity index (χ0) is 24.0. The molecular weight excluding hydrogens is 416 g/mol. The van der Waals surface area contributed by atoms with E-state index < -0.39 is 11.9 Å². The van der Waals surface area contributed by atoms with E-state index in [0.717, 1.165) is 51.4 Å². The summed E-state index contributed by atoms with van der Waals surface area (Å²) < 4.78 is 15.8. The van der Waals surface area contributed by atoms with Crippen molar-refractivity contribution >= 4 is 11.9 Å². The van der Waals surface area contributed by atoms with Gasteiger partial charge in [0.25, 0.3) is 0 Å². The van der Waals surface area contributed by atoms with Crippen molar-refractivity contribution in [2.24, 2.45) is 0 Å². The highest BCUT2D eigenvalue weighted by Gasteiger charge is 2.17. The third-order valence-corrected chi connectivity index (χ3v) is 5.58. The number of ether oxygens (including phenoxy) is 2. The fraction of sp³-hybridized carbons (Fsp3) is 0.643. The standard InChI is InChI=1S/C28H44O5/c1-3-5-7-9-11-13-15-17-19-23-31-27(29)25-21-22-26(33-25)28(30)32-24-20-18-16-14-12-10-8-6-4-2/h3-4,21-22H,1-2,5-20,23-24H2. The minimum absolute atomic E-state index is 0.0422. The van der Waals surface area contributed by atoms with E-state index in [4.69, 9.17) is 13.9 Å². The summed E-state index contributed by atoms with van der Waals surface area (Å²) in [6.45, 7) is 8.20. The Bertz CT molecular complexity index is 606. The van der Waals surface area contributed by atoms with Crippen LogP contribution in [0, 0.1) is 0 Å². The Labute approximate surface area is 200 Å². The SMILES string of the molecule is C=CCCCCCCCCCOC(=O)c1ccc(C(=O)OCCCCCCCCCC=C)o1. The average molecular weight is 461 g/mol. The summed E-state index contributed by atoms with van der Waals surface area (Å²) in [7, 11) is 0. The van der Waals surface area contributed by atoms with E-state index in [1.165, 1.54) is 63.5 Å². The molecule has 0 fully saturated rings. The van der Waals surface area contributed by atoms with Gasteiger partial charge in [-0.25, -0.2) is 9.59 Å². The first-order chi connectivity index (χ1) is 16.2. The fourth-order valence-corrected chi connectivity index (χ4v) is 3.58. The largest absolute Gasteiger partial charge is 0.460 e. The van der Waals surface area contributed by atoms with Gasteiger partial charge in [0.2, 0.25) is 11.5 Å². The summed E-state index contributed by atoms with van der Waals surface area (Å²) in [5, 5.41) is 0. The Morgan fingerprint density at radius 1 is 0.606 bits per heavy atom. The Kier molecular flexibility index (Phi) is 17.7. The fourth-order valence-electron chi connectivity index (χ4n) is 3.58. The lowest BCUT2D eigenvalue weighted by atomic mass is 10.1. The van der Waals surface area contributed by atoms with Gasteiger partial charge in [-0.15, -0.1) is 13.2 Å². The number of unbranched alkanes of at least 4 members (excludes halogenated alkanes) is 14. The molecule has 0 bridgehead atoms. The summed E-state index contributed by atoms with van der Waals surface area (Å²) in [5.74, 6) is -0.987. The summed E-state index contributed by atoms with van der Waals surface area (Å²) in [6, 6.07) is 2.93. The molecule has 186 valence electrons. The van der Waals surface area contributed by atoms with Crippen LogP contribution in [0.2, 0.25) is 0 Å². The van der Waals surface area contributed by atoms with Crippen LogP contribution in [0.5, 0.6) is 0 Å². The van der Waals surface area contributed by atoms with Crippen LogP contribution in [0.4, 0.5) is 0 Å². The zero-order valence-electron chi connectivity index (χ0n) is 20.5. The summed E-state index contributed by atoms with van der Waals surface area (Å²) >= 11 is 0. The second-order valence-electron chi connectivity index (χ2n) is 8.54. The molecule has 5 nitrogen and oxygen atoms in total. The van der Waals surface area contributed by atoms with Gasteiger partial charge in [0.15, 0.2) is 0 Å². The van der Waals surface area contributed by atoms with Crippen molar-refractivity contribution in [3.05, 3.63) is 49.0 Å². The summed E-state index contributed by atoms with van der Waals surface area (Å²) in [4.78, 5) is 24.2. The lowest BCUT2D eigenvalue weighted by Gasteiger charge is -2.04. The molecule has 0 saturated carbocycles. The molecule has 0 aliphatic heterocycles. The maximum Gasteiger partial charge on any atom is 0.374 e. The normalized spacial score (nSPS) is 10.7. The van der Waals surface area contributed by atoms with E-state index in [1.807, 2.05) is 12.2 Å². The van der Waals surface area contributed by atoms with E-state index in [2.05, 4.69) is 13.2 Å². The number of carbonyl (C=O) groups excluding carboxylic acids is 2. The predicted molar refractivity (Wildman–Crippen MR) is 134 cm³/mol. The molecule has 0 radical (unpaired) electrons. The zero-order valence-corrected chi connectivity index (χ0v) is 20.5. The second-order valence-corrected chi connectivity index (χ2v) is 8.54. The van der Waals surface area contributed by atoms with Gasteiger partial charge in [0.1, 0.15) is 0 Å². The number of allylic oxidation sites excluding steroid dienone is 2. The molecule has 0 unspecified atom stereocenters. The monoisotopic (exact) mass is 460 g/mol. The molecule has 33 heavy (non-hydrogen) atoms. The number of carbonyl (C=O) groups is 2. The van der Waals surface area contributed by atoms with Crippen LogP contribution < -0.4 is 0 Å².